The van der Waals surface area contributed by atoms with Gasteiger partial charge in [-0.3, -0.25) is 29.4 Å². The number of hydrogen-bond acceptors (Lipinski definition) is 6. The molecule has 1 aromatic carbocycles. The van der Waals surface area contributed by atoms with Gasteiger partial charge in [-0.2, -0.15) is 0 Å². The minimum atomic E-state index is -0.961. The van der Waals surface area contributed by atoms with Gasteiger partial charge < -0.3 is 10.1 Å². The first kappa shape index (κ1) is 17.4. The number of hydrogen-bond donors (Lipinski definition) is 2. The van der Waals surface area contributed by atoms with Crippen LogP contribution in [-0.2, 0) is 16.0 Å². The van der Waals surface area contributed by atoms with E-state index < -0.39 is 23.8 Å². The number of aryl methyl sites for hydroxylation is 1. The van der Waals surface area contributed by atoms with Crippen molar-refractivity contribution >= 4 is 23.6 Å². The molecular formula is C20H21N3O5. The Morgan fingerprint density at radius 2 is 1.79 bits per heavy atom. The highest BCUT2D eigenvalue weighted by atomic mass is 16.5. The van der Waals surface area contributed by atoms with Gasteiger partial charge in [0, 0.05) is 6.42 Å². The lowest BCUT2D eigenvalue weighted by atomic mass is 9.83. The summed E-state index contributed by atoms with van der Waals surface area (Å²) in [4.78, 5) is 50.9. The molecule has 2 saturated heterocycles. The van der Waals surface area contributed by atoms with Crippen LogP contribution in [0.5, 0.6) is 5.75 Å². The number of ether oxygens (including phenoxy) is 1. The first-order valence-corrected chi connectivity index (χ1v) is 9.76. The zero-order chi connectivity index (χ0) is 19.5. The average Bonchev–Trinajstić information content (AvgIpc) is 2.94. The number of rotatable bonds is 1. The smallest absolute Gasteiger partial charge is 0.266 e. The number of piperidine rings is 2. The van der Waals surface area contributed by atoms with Crippen LogP contribution in [0.1, 0.15) is 58.4 Å². The zero-order valence-electron chi connectivity index (χ0n) is 15.4. The van der Waals surface area contributed by atoms with Crippen LogP contribution in [0.2, 0.25) is 0 Å². The number of amides is 4. The molecule has 146 valence electrons. The fourth-order valence-corrected chi connectivity index (χ4v) is 4.75. The van der Waals surface area contributed by atoms with Gasteiger partial charge in [-0.25, -0.2) is 0 Å². The van der Waals surface area contributed by atoms with E-state index in [0.717, 1.165) is 49.2 Å². The van der Waals surface area contributed by atoms with Crippen LogP contribution >= 0.6 is 0 Å². The Hall–Kier alpha value is -2.74. The molecular weight excluding hydrogens is 362 g/mol. The van der Waals surface area contributed by atoms with Crippen LogP contribution in [0, 0.1) is 0 Å². The van der Waals surface area contributed by atoms with Gasteiger partial charge in [0.05, 0.1) is 11.1 Å². The van der Waals surface area contributed by atoms with E-state index in [1.807, 2.05) is 6.07 Å². The summed E-state index contributed by atoms with van der Waals surface area (Å²) in [6, 6.07) is 2.54. The molecule has 4 heterocycles. The van der Waals surface area contributed by atoms with E-state index >= 15 is 0 Å². The number of nitrogens with zero attached hydrogens (tertiary/aromatic N) is 1. The number of carbonyl (C=O) groups excluding carboxylic acids is 4. The molecule has 28 heavy (non-hydrogen) atoms. The maximum atomic E-state index is 13.2. The maximum absolute atomic E-state index is 13.2. The van der Waals surface area contributed by atoms with E-state index in [0.29, 0.717) is 5.75 Å². The SMILES string of the molecule is O=C1CCC(N2C(=O)c3ccc4c(c3C2=O)OC2(CCNCC2)CC4)C(=O)N1. The second-order valence-electron chi connectivity index (χ2n) is 7.96. The predicted molar refractivity (Wildman–Crippen MR) is 96.9 cm³/mol. The van der Waals surface area contributed by atoms with Gasteiger partial charge in [-0.15, -0.1) is 0 Å². The Kier molecular flexibility index (Phi) is 3.80. The molecule has 0 aromatic heterocycles. The second kappa shape index (κ2) is 6.13. The predicted octanol–water partition coefficient (Wildman–Crippen LogP) is 0.535. The van der Waals surface area contributed by atoms with E-state index in [4.69, 9.17) is 4.74 Å². The lowest BCUT2D eigenvalue weighted by molar-refractivity contribution is -0.136. The molecule has 1 unspecified atom stereocenters. The Balaban J connectivity index is 1.52. The molecule has 4 amide bonds. The zero-order valence-corrected chi connectivity index (χ0v) is 15.4. The lowest BCUT2D eigenvalue weighted by Crippen LogP contribution is -2.54. The van der Waals surface area contributed by atoms with Crippen molar-refractivity contribution < 1.29 is 23.9 Å². The van der Waals surface area contributed by atoms with Crippen LogP contribution in [0.15, 0.2) is 12.1 Å². The Labute approximate surface area is 161 Å². The molecule has 4 aliphatic rings. The highest BCUT2D eigenvalue weighted by Gasteiger charge is 2.48. The molecule has 0 aliphatic carbocycles. The van der Waals surface area contributed by atoms with Crippen molar-refractivity contribution in [2.24, 2.45) is 0 Å². The minimum absolute atomic E-state index is 0.106. The summed E-state index contributed by atoms with van der Waals surface area (Å²) in [5.74, 6) is -1.48. The first-order chi connectivity index (χ1) is 13.5. The minimum Gasteiger partial charge on any atom is -0.486 e. The molecule has 5 rings (SSSR count). The van der Waals surface area contributed by atoms with Crippen LogP contribution in [0.3, 0.4) is 0 Å². The van der Waals surface area contributed by atoms with Crippen LogP contribution in [0.4, 0.5) is 0 Å². The number of carbonyl (C=O) groups is 4. The van der Waals surface area contributed by atoms with Crippen molar-refractivity contribution in [1.82, 2.24) is 15.5 Å². The van der Waals surface area contributed by atoms with E-state index in [1.54, 1.807) is 6.07 Å². The number of benzene rings is 1. The third kappa shape index (κ3) is 2.47. The first-order valence-electron chi connectivity index (χ1n) is 9.76. The number of nitrogens with one attached hydrogen (secondary N) is 2. The normalized spacial score (nSPS) is 26.0. The highest BCUT2D eigenvalue weighted by Crippen LogP contribution is 2.44. The molecule has 4 aliphatic heterocycles. The van der Waals surface area contributed by atoms with E-state index in [1.165, 1.54) is 0 Å². The molecule has 2 N–H and O–H groups in total. The number of imide groups is 2. The third-order valence-electron chi connectivity index (χ3n) is 6.33. The molecule has 1 spiro atoms. The molecule has 1 atom stereocenters. The summed E-state index contributed by atoms with van der Waals surface area (Å²) in [7, 11) is 0. The molecule has 0 bridgehead atoms. The van der Waals surface area contributed by atoms with Gasteiger partial charge in [-0.05, 0) is 56.8 Å². The summed E-state index contributed by atoms with van der Waals surface area (Å²) in [6.45, 7) is 1.72. The summed E-state index contributed by atoms with van der Waals surface area (Å²) in [5, 5.41) is 5.55. The fraction of sp³-hybridized carbons (Fsp3) is 0.500. The van der Waals surface area contributed by atoms with Crippen molar-refractivity contribution in [3.63, 3.8) is 0 Å². The summed E-state index contributed by atoms with van der Waals surface area (Å²) >= 11 is 0. The topological polar surface area (TPSA) is 105 Å². The Bertz CT molecular complexity index is 919. The van der Waals surface area contributed by atoms with Gasteiger partial charge in [0.25, 0.3) is 11.8 Å². The standard InChI is InChI=1S/C20H21N3O5/c24-14-4-3-13(17(25)22-14)23-18(26)12-2-1-11-5-6-20(7-9-21-10-8-20)28-16(11)15(12)19(23)27/h1-2,13,21H,3-10H2,(H,22,24,25). The summed E-state index contributed by atoms with van der Waals surface area (Å²) < 4.78 is 6.41. The number of fused-ring (bicyclic) bond motifs is 3. The quantitative estimate of drug-likeness (QED) is 0.686. The van der Waals surface area contributed by atoms with Crippen LogP contribution in [-0.4, -0.2) is 53.3 Å². The molecule has 2 fully saturated rings. The van der Waals surface area contributed by atoms with Crippen molar-refractivity contribution in [3.05, 3.63) is 28.8 Å². The molecule has 0 radical (unpaired) electrons. The molecule has 8 nitrogen and oxygen atoms in total. The van der Waals surface area contributed by atoms with E-state index in [9.17, 15) is 19.2 Å². The van der Waals surface area contributed by atoms with Gasteiger partial charge >= 0.3 is 0 Å². The van der Waals surface area contributed by atoms with E-state index in [2.05, 4.69) is 10.6 Å². The molecule has 1 aromatic rings. The van der Waals surface area contributed by atoms with Crippen molar-refractivity contribution in [2.75, 3.05) is 13.1 Å². The van der Waals surface area contributed by atoms with Crippen molar-refractivity contribution in [2.45, 2.75) is 50.2 Å². The van der Waals surface area contributed by atoms with Gasteiger partial charge in [-0.1, -0.05) is 6.07 Å². The van der Waals surface area contributed by atoms with Crippen LogP contribution < -0.4 is 15.4 Å². The van der Waals surface area contributed by atoms with Crippen LogP contribution in [0.25, 0.3) is 0 Å². The second-order valence-corrected chi connectivity index (χ2v) is 7.96. The van der Waals surface area contributed by atoms with Gasteiger partial charge in [0.2, 0.25) is 11.8 Å². The monoisotopic (exact) mass is 383 g/mol. The maximum Gasteiger partial charge on any atom is 0.266 e. The molecule has 8 heteroatoms. The van der Waals surface area contributed by atoms with E-state index in [-0.39, 0.29) is 35.5 Å². The Morgan fingerprint density at radius 1 is 1.00 bits per heavy atom. The average molecular weight is 383 g/mol. The van der Waals surface area contributed by atoms with Gasteiger partial charge in [0.15, 0.2) is 0 Å². The van der Waals surface area contributed by atoms with Crippen molar-refractivity contribution in [1.29, 1.82) is 0 Å². The summed E-state index contributed by atoms with van der Waals surface area (Å²) in [6.07, 6.45) is 3.65. The Morgan fingerprint density at radius 3 is 2.54 bits per heavy atom. The van der Waals surface area contributed by atoms with Crippen molar-refractivity contribution in [3.8, 4) is 5.75 Å². The fourth-order valence-electron chi connectivity index (χ4n) is 4.75. The van der Waals surface area contributed by atoms with Gasteiger partial charge in [0.1, 0.15) is 17.4 Å². The largest absolute Gasteiger partial charge is 0.486 e. The third-order valence-corrected chi connectivity index (χ3v) is 6.33. The summed E-state index contributed by atoms with van der Waals surface area (Å²) in [5.41, 5.74) is 1.16. The lowest BCUT2D eigenvalue weighted by Gasteiger charge is -2.42. The molecule has 0 saturated carbocycles. The highest BCUT2D eigenvalue weighted by molar-refractivity contribution is 6.24.